The van der Waals surface area contributed by atoms with Crippen molar-refractivity contribution in [2.45, 2.75) is 78.6 Å². The van der Waals surface area contributed by atoms with Crippen molar-refractivity contribution in [3.05, 3.63) is 65.2 Å². The van der Waals surface area contributed by atoms with Gasteiger partial charge in [0.1, 0.15) is 18.4 Å². The second kappa shape index (κ2) is 15.2. The monoisotopic (exact) mass is 580 g/mol. The third-order valence-electron chi connectivity index (χ3n) is 8.10. The van der Waals surface area contributed by atoms with Gasteiger partial charge in [0.25, 0.3) is 0 Å². The van der Waals surface area contributed by atoms with Crippen molar-refractivity contribution in [2.75, 3.05) is 19.7 Å². The molecule has 5 atom stereocenters. The average Bonchev–Trinajstić information content (AvgIpc) is 2.94. The van der Waals surface area contributed by atoms with Gasteiger partial charge in [-0.2, -0.15) is 0 Å². The molecule has 9 nitrogen and oxygen atoms in total. The van der Waals surface area contributed by atoms with Crippen molar-refractivity contribution in [3.8, 4) is 5.75 Å². The summed E-state index contributed by atoms with van der Waals surface area (Å²) in [5, 5.41) is 17.5. The first-order valence-corrected chi connectivity index (χ1v) is 15.0. The quantitative estimate of drug-likeness (QED) is 0.268. The third kappa shape index (κ3) is 8.32. The zero-order chi connectivity index (χ0) is 31.0. The molecule has 1 heterocycles. The number of hydrogen-bond donors (Lipinski definition) is 4. The number of ketones is 1. The highest BCUT2D eigenvalue weighted by atomic mass is 16.5. The van der Waals surface area contributed by atoms with E-state index < -0.39 is 30.1 Å². The van der Waals surface area contributed by atoms with Crippen LogP contribution in [0, 0.1) is 31.6 Å². The number of aliphatic hydroxyl groups is 1. The number of para-hydroxylation sites is 1. The molecular formula is C33H48N4O5. The Labute approximate surface area is 250 Å². The Morgan fingerprint density at radius 1 is 1.02 bits per heavy atom. The number of hydrogen-bond acceptors (Lipinski definition) is 6. The predicted octanol–water partition coefficient (Wildman–Crippen LogP) is 3.90. The van der Waals surface area contributed by atoms with Crippen molar-refractivity contribution in [1.82, 2.24) is 15.5 Å². The number of nitrogens with two attached hydrogens (primary N) is 1. The summed E-state index contributed by atoms with van der Waals surface area (Å²) in [4.78, 5) is 41.4. The Kier molecular flexibility index (Phi) is 11.9. The van der Waals surface area contributed by atoms with Gasteiger partial charge < -0.3 is 31.1 Å². The van der Waals surface area contributed by atoms with Crippen LogP contribution >= 0.6 is 0 Å². The summed E-state index contributed by atoms with van der Waals surface area (Å²) >= 11 is 0. The zero-order valence-corrected chi connectivity index (χ0v) is 25.8. The number of aryl methyl sites for hydroxylation is 2. The number of ether oxygens (including phenoxy) is 1. The summed E-state index contributed by atoms with van der Waals surface area (Å²) in [7, 11) is 0. The van der Waals surface area contributed by atoms with Gasteiger partial charge in [-0.1, -0.05) is 76.2 Å². The van der Waals surface area contributed by atoms with Gasteiger partial charge in [0.15, 0.2) is 5.78 Å². The van der Waals surface area contributed by atoms with E-state index in [9.17, 15) is 19.5 Å². The number of Topliss-reactive ketones (excluding diaryl/α,β-unsaturated/α-hetero) is 1. The first-order valence-electron chi connectivity index (χ1n) is 15.0. The molecule has 3 rings (SSSR count). The molecule has 0 aliphatic carbocycles. The van der Waals surface area contributed by atoms with Crippen LogP contribution in [0.15, 0.2) is 48.5 Å². The highest BCUT2D eigenvalue weighted by Gasteiger charge is 2.38. The largest absolute Gasteiger partial charge is 0.485 e. The SMILES string of the molecule is Cc1cccc(C)c1OCC(=O)[C@@H](C(N)c1ccccc1)[C@@H](O)C[C@H](NC(=O)C(C(C)C)N1CCCNC1=O)C(C)C. The molecule has 3 amide bonds. The van der Waals surface area contributed by atoms with E-state index in [4.69, 9.17) is 10.5 Å². The molecule has 1 aliphatic heterocycles. The van der Waals surface area contributed by atoms with Crippen LogP contribution in [0.5, 0.6) is 5.75 Å². The summed E-state index contributed by atoms with van der Waals surface area (Å²) in [6.07, 6.45) is -0.279. The van der Waals surface area contributed by atoms with Crippen molar-refractivity contribution < 1.29 is 24.2 Å². The summed E-state index contributed by atoms with van der Waals surface area (Å²) in [5.41, 5.74) is 9.20. The van der Waals surface area contributed by atoms with Gasteiger partial charge >= 0.3 is 6.03 Å². The first-order chi connectivity index (χ1) is 19.9. The Morgan fingerprint density at radius 2 is 1.67 bits per heavy atom. The van der Waals surface area contributed by atoms with E-state index in [0.717, 1.165) is 23.1 Å². The lowest BCUT2D eigenvalue weighted by molar-refractivity contribution is -0.130. The summed E-state index contributed by atoms with van der Waals surface area (Å²) in [6.45, 7) is 12.4. The van der Waals surface area contributed by atoms with Gasteiger partial charge in [-0.15, -0.1) is 0 Å². The Hall–Kier alpha value is -3.43. The number of rotatable bonds is 14. The minimum atomic E-state index is -1.15. The number of amides is 3. The lowest BCUT2D eigenvalue weighted by Crippen LogP contribution is -2.59. The van der Waals surface area contributed by atoms with Crippen LogP contribution in [0.4, 0.5) is 4.79 Å². The molecule has 0 bridgehead atoms. The molecule has 0 spiro atoms. The molecule has 2 unspecified atom stereocenters. The lowest BCUT2D eigenvalue weighted by atomic mass is 9.82. The maximum atomic E-state index is 13.7. The molecule has 1 fully saturated rings. The number of nitrogens with zero attached hydrogens (tertiary/aromatic N) is 1. The van der Waals surface area contributed by atoms with E-state index >= 15 is 0 Å². The summed E-state index contributed by atoms with van der Waals surface area (Å²) < 4.78 is 5.97. The van der Waals surface area contributed by atoms with Crippen molar-refractivity contribution in [2.24, 2.45) is 23.5 Å². The zero-order valence-electron chi connectivity index (χ0n) is 25.8. The number of aliphatic hydroxyl groups excluding tert-OH is 1. The van der Waals surface area contributed by atoms with Crippen molar-refractivity contribution in [1.29, 1.82) is 0 Å². The van der Waals surface area contributed by atoms with E-state index in [0.29, 0.717) is 18.8 Å². The molecule has 42 heavy (non-hydrogen) atoms. The van der Waals surface area contributed by atoms with Crippen molar-refractivity contribution in [3.63, 3.8) is 0 Å². The van der Waals surface area contributed by atoms with Crippen LogP contribution in [0.3, 0.4) is 0 Å². The fourth-order valence-electron chi connectivity index (χ4n) is 5.69. The maximum absolute atomic E-state index is 13.7. The first kappa shape index (κ1) is 33.1. The van der Waals surface area contributed by atoms with Crippen LogP contribution in [0.1, 0.15) is 63.3 Å². The van der Waals surface area contributed by atoms with Gasteiger partial charge in [-0.05, 0) is 55.2 Å². The van der Waals surface area contributed by atoms with Gasteiger partial charge in [0.05, 0.1) is 12.0 Å². The van der Waals surface area contributed by atoms with E-state index in [2.05, 4.69) is 10.6 Å². The van der Waals surface area contributed by atoms with E-state index in [1.165, 1.54) is 0 Å². The standard InChI is InChI=1S/C33H48N4O5/c1-20(2)25(36-32(40)30(21(3)4)37-17-11-16-35-33(37)41)18-26(38)28(29(34)24-14-8-7-9-15-24)27(39)19-42-31-22(5)12-10-13-23(31)6/h7-10,12-15,20-21,25-26,28-30,38H,11,16-19,34H2,1-6H3,(H,35,41)(H,36,40)/t25-,26-,28-,29?,30?/m0/s1. The fraction of sp³-hybridized carbons (Fsp3) is 0.545. The van der Waals surface area contributed by atoms with Gasteiger partial charge in [-0.25, -0.2) is 4.79 Å². The van der Waals surface area contributed by atoms with Crippen molar-refractivity contribution >= 4 is 17.7 Å². The molecule has 1 saturated heterocycles. The van der Waals surface area contributed by atoms with Crippen LogP contribution in [-0.2, 0) is 9.59 Å². The second-order valence-electron chi connectivity index (χ2n) is 12.1. The Balaban J connectivity index is 1.82. The van der Waals surface area contributed by atoms with Gasteiger partial charge in [-0.3, -0.25) is 9.59 Å². The highest BCUT2D eigenvalue weighted by molar-refractivity contribution is 5.88. The minimum Gasteiger partial charge on any atom is -0.485 e. The number of carbonyl (C=O) groups is 3. The normalized spacial score (nSPS) is 17.3. The molecule has 5 N–H and O–H groups in total. The highest BCUT2D eigenvalue weighted by Crippen LogP contribution is 2.29. The third-order valence-corrected chi connectivity index (χ3v) is 8.10. The molecule has 0 aromatic heterocycles. The molecule has 230 valence electrons. The lowest BCUT2D eigenvalue weighted by Gasteiger charge is -2.38. The van der Waals surface area contributed by atoms with Crippen LogP contribution in [-0.4, -0.2) is 65.6 Å². The number of carbonyl (C=O) groups excluding carboxylic acids is 3. The van der Waals surface area contributed by atoms with E-state index in [-0.39, 0.29) is 42.6 Å². The maximum Gasteiger partial charge on any atom is 0.318 e. The minimum absolute atomic E-state index is 0.0545. The molecule has 9 heteroatoms. The smallest absolute Gasteiger partial charge is 0.318 e. The Morgan fingerprint density at radius 3 is 2.24 bits per heavy atom. The average molecular weight is 581 g/mol. The van der Waals surface area contributed by atoms with E-state index in [1.54, 1.807) is 4.90 Å². The van der Waals surface area contributed by atoms with Gasteiger partial charge in [0, 0.05) is 25.2 Å². The fourth-order valence-corrected chi connectivity index (χ4v) is 5.69. The summed E-state index contributed by atoms with van der Waals surface area (Å²) in [5.74, 6) is -1.10. The number of nitrogens with one attached hydrogen (secondary N) is 2. The molecule has 0 radical (unpaired) electrons. The predicted molar refractivity (Wildman–Crippen MR) is 164 cm³/mol. The number of urea groups is 1. The summed E-state index contributed by atoms with van der Waals surface area (Å²) in [6, 6.07) is 12.9. The number of benzene rings is 2. The van der Waals surface area contributed by atoms with Crippen LogP contribution in [0.2, 0.25) is 0 Å². The molecule has 2 aromatic rings. The van der Waals surface area contributed by atoms with Crippen LogP contribution in [0.25, 0.3) is 0 Å². The van der Waals surface area contributed by atoms with Gasteiger partial charge in [0.2, 0.25) is 5.91 Å². The second-order valence-corrected chi connectivity index (χ2v) is 12.1. The van der Waals surface area contributed by atoms with E-state index in [1.807, 2.05) is 90.1 Å². The topological polar surface area (TPSA) is 134 Å². The Bertz CT molecular complexity index is 1180. The molecule has 0 saturated carbocycles. The molecular weight excluding hydrogens is 532 g/mol. The van der Waals surface area contributed by atoms with Crippen LogP contribution < -0.4 is 21.1 Å². The molecule has 1 aliphatic rings. The molecule has 2 aromatic carbocycles.